The first-order chi connectivity index (χ1) is 11.8. The molecule has 3 heterocycles. The first kappa shape index (κ1) is 17.2. The van der Waals surface area contributed by atoms with E-state index < -0.39 is 6.04 Å². The molecule has 0 unspecified atom stereocenters. The number of fused-ring (bicyclic) bond motifs is 1. The third kappa shape index (κ3) is 2.93. The van der Waals surface area contributed by atoms with E-state index in [0.29, 0.717) is 18.1 Å². The number of hydrogen-bond acceptors (Lipinski definition) is 7. The molecule has 2 aromatic rings. The highest BCUT2D eigenvalue weighted by molar-refractivity contribution is 6.33. The van der Waals surface area contributed by atoms with E-state index in [2.05, 4.69) is 20.3 Å². The average molecular weight is 363 g/mol. The molecule has 132 valence electrons. The van der Waals surface area contributed by atoms with Crippen molar-refractivity contribution in [2.75, 3.05) is 23.1 Å². The van der Waals surface area contributed by atoms with Gasteiger partial charge in [0.15, 0.2) is 11.0 Å². The summed E-state index contributed by atoms with van der Waals surface area (Å²) in [6, 6.07) is -0.466. The molecule has 0 aromatic carbocycles. The van der Waals surface area contributed by atoms with Crippen LogP contribution in [0.25, 0.3) is 0 Å². The summed E-state index contributed by atoms with van der Waals surface area (Å²) in [6.07, 6.45) is 1.75. The second kappa shape index (κ2) is 6.36. The van der Waals surface area contributed by atoms with E-state index in [1.54, 1.807) is 20.2 Å². The van der Waals surface area contributed by atoms with Gasteiger partial charge in [-0.2, -0.15) is 9.97 Å². The summed E-state index contributed by atoms with van der Waals surface area (Å²) in [7, 11) is 1.62. The predicted molar refractivity (Wildman–Crippen MR) is 96.0 cm³/mol. The molecule has 2 aromatic heterocycles. The predicted octanol–water partition coefficient (Wildman–Crippen LogP) is 2.08. The minimum absolute atomic E-state index is 0.0447. The maximum Gasteiger partial charge on any atom is 0.247 e. The SMILES string of the molecule is COc1c(C)cnc(CN2c3nc(N)nc(Cl)c3NC(=O)[C@H]2C)c1C. The first-order valence-corrected chi connectivity index (χ1v) is 8.10. The van der Waals surface area contributed by atoms with Gasteiger partial charge in [-0.05, 0) is 20.8 Å². The number of nitrogens with two attached hydrogens (primary N) is 1. The van der Waals surface area contributed by atoms with E-state index in [1.807, 2.05) is 18.7 Å². The number of anilines is 3. The molecule has 0 bridgehead atoms. The Hall–Kier alpha value is -2.61. The van der Waals surface area contributed by atoms with Crippen molar-refractivity contribution in [3.05, 3.63) is 28.2 Å². The molecule has 8 nitrogen and oxygen atoms in total. The van der Waals surface area contributed by atoms with E-state index in [-0.39, 0.29) is 17.0 Å². The van der Waals surface area contributed by atoms with E-state index in [0.717, 1.165) is 22.6 Å². The van der Waals surface area contributed by atoms with E-state index in [9.17, 15) is 4.79 Å². The second-order valence-electron chi connectivity index (χ2n) is 5.91. The zero-order valence-corrected chi connectivity index (χ0v) is 15.2. The minimum Gasteiger partial charge on any atom is -0.496 e. The lowest BCUT2D eigenvalue weighted by Gasteiger charge is -2.35. The zero-order valence-electron chi connectivity index (χ0n) is 14.4. The van der Waals surface area contributed by atoms with E-state index in [4.69, 9.17) is 22.1 Å². The Labute approximate surface area is 150 Å². The first-order valence-electron chi connectivity index (χ1n) is 7.73. The number of methoxy groups -OCH3 is 1. The van der Waals surface area contributed by atoms with Crippen LogP contribution in [0.2, 0.25) is 5.15 Å². The number of rotatable bonds is 3. The monoisotopic (exact) mass is 362 g/mol. The molecule has 0 spiro atoms. The van der Waals surface area contributed by atoms with Crippen LogP contribution >= 0.6 is 11.6 Å². The van der Waals surface area contributed by atoms with Crippen LogP contribution in [-0.4, -0.2) is 34.0 Å². The Morgan fingerprint density at radius 3 is 2.80 bits per heavy atom. The Kier molecular flexibility index (Phi) is 4.38. The number of aromatic nitrogens is 3. The molecule has 25 heavy (non-hydrogen) atoms. The molecule has 1 amide bonds. The molecule has 1 aliphatic rings. The van der Waals surface area contributed by atoms with Crippen molar-refractivity contribution in [1.82, 2.24) is 15.0 Å². The van der Waals surface area contributed by atoms with Gasteiger partial charge in [0.05, 0.1) is 19.3 Å². The number of hydrogen-bond donors (Lipinski definition) is 2. The van der Waals surface area contributed by atoms with Gasteiger partial charge in [-0.15, -0.1) is 0 Å². The number of pyridine rings is 1. The Bertz CT molecular complexity index is 857. The van der Waals surface area contributed by atoms with Crippen LogP contribution in [0.4, 0.5) is 17.5 Å². The highest BCUT2D eigenvalue weighted by Crippen LogP contribution is 2.37. The maximum atomic E-state index is 12.3. The summed E-state index contributed by atoms with van der Waals surface area (Å²) < 4.78 is 5.46. The van der Waals surface area contributed by atoms with Crippen molar-refractivity contribution in [3.63, 3.8) is 0 Å². The van der Waals surface area contributed by atoms with Gasteiger partial charge < -0.3 is 20.7 Å². The smallest absolute Gasteiger partial charge is 0.247 e. The number of carbonyl (C=O) groups is 1. The normalized spacial score (nSPS) is 16.4. The molecule has 3 N–H and O–H groups in total. The van der Waals surface area contributed by atoms with Crippen LogP contribution in [0, 0.1) is 13.8 Å². The number of nitrogen functional groups attached to an aromatic ring is 1. The number of ether oxygens (including phenoxy) is 1. The molecule has 0 fully saturated rings. The summed E-state index contributed by atoms with van der Waals surface area (Å²) in [5.41, 5.74) is 8.73. The van der Waals surface area contributed by atoms with E-state index in [1.165, 1.54) is 0 Å². The quantitative estimate of drug-likeness (QED) is 0.805. The van der Waals surface area contributed by atoms with Gasteiger partial charge in [0.2, 0.25) is 11.9 Å². The number of nitrogens with zero attached hydrogens (tertiary/aromatic N) is 4. The van der Waals surface area contributed by atoms with Gasteiger partial charge >= 0.3 is 0 Å². The van der Waals surface area contributed by atoms with E-state index >= 15 is 0 Å². The van der Waals surface area contributed by atoms with Crippen LogP contribution in [0.1, 0.15) is 23.7 Å². The zero-order chi connectivity index (χ0) is 18.3. The second-order valence-corrected chi connectivity index (χ2v) is 6.27. The van der Waals surface area contributed by atoms with Crippen LogP contribution in [0.5, 0.6) is 5.75 Å². The van der Waals surface area contributed by atoms with Crippen LogP contribution in [-0.2, 0) is 11.3 Å². The topological polar surface area (TPSA) is 106 Å². The van der Waals surface area contributed by atoms with Gasteiger partial charge in [0.25, 0.3) is 0 Å². The third-order valence-electron chi connectivity index (χ3n) is 4.30. The summed E-state index contributed by atoms with van der Waals surface area (Å²) >= 11 is 6.12. The lowest BCUT2D eigenvalue weighted by atomic mass is 10.1. The summed E-state index contributed by atoms with van der Waals surface area (Å²) in [6.45, 7) is 6.01. The summed E-state index contributed by atoms with van der Waals surface area (Å²) in [4.78, 5) is 26.8. The Morgan fingerprint density at radius 1 is 1.40 bits per heavy atom. The van der Waals surface area contributed by atoms with Crippen molar-refractivity contribution in [2.45, 2.75) is 33.4 Å². The fraction of sp³-hybridized carbons (Fsp3) is 0.375. The number of aryl methyl sites for hydroxylation is 1. The number of carbonyl (C=O) groups excluding carboxylic acids is 1. The average Bonchev–Trinajstić information content (AvgIpc) is 2.55. The fourth-order valence-electron chi connectivity index (χ4n) is 2.91. The molecular formula is C16H19ClN6O2. The highest BCUT2D eigenvalue weighted by Gasteiger charge is 2.33. The molecular weight excluding hydrogens is 344 g/mol. The third-order valence-corrected chi connectivity index (χ3v) is 4.57. The lowest BCUT2D eigenvalue weighted by Crippen LogP contribution is -2.46. The molecule has 0 saturated heterocycles. The largest absolute Gasteiger partial charge is 0.496 e. The minimum atomic E-state index is -0.466. The molecule has 3 rings (SSSR count). The lowest BCUT2D eigenvalue weighted by molar-refractivity contribution is -0.117. The maximum absolute atomic E-state index is 12.3. The van der Waals surface area contributed by atoms with Crippen LogP contribution in [0.15, 0.2) is 6.20 Å². The summed E-state index contributed by atoms with van der Waals surface area (Å²) in [5, 5.41) is 2.84. The molecule has 1 aliphatic heterocycles. The highest BCUT2D eigenvalue weighted by atomic mass is 35.5. The Morgan fingerprint density at radius 2 is 2.12 bits per heavy atom. The fourth-order valence-corrected chi connectivity index (χ4v) is 3.13. The van der Waals surface area contributed by atoms with Crippen molar-refractivity contribution in [1.29, 1.82) is 0 Å². The van der Waals surface area contributed by atoms with Crippen molar-refractivity contribution >= 4 is 35.0 Å². The van der Waals surface area contributed by atoms with Gasteiger partial charge in [0, 0.05) is 17.3 Å². The molecule has 9 heteroatoms. The van der Waals surface area contributed by atoms with Crippen LogP contribution < -0.4 is 20.7 Å². The van der Waals surface area contributed by atoms with Gasteiger partial charge in [0.1, 0.15) is 17.5 Å². The number of amides is 1. The summed E-state index contributed by atoms with van der Waals surface area (Å²) in [5.74, 6) is 1.10. The Balaban J connectivity index is 2.08. The number of nitrogens with one attached hydrogen (secondary N) is 1. The van der Waals surface area contributed by atoms with Gasteiger partial charge in [-0.1, -0.05) is 11.6 Å². The molecule has 1 atom stereocenters. The van der Waals surface area contributed by atoms with Crippen molar-refractivity contribution in [2.24, 2.45) is 0 Å². The van der Waals surface area contributed by atoms with Crippen molar-refractivity contribution < 1.29 is 9.53 Å². The standard InChI is InChI=1S/C16H19ClN6O2/c1-7-5-19-10(8(2)12(7)25-4)6-23-9(3)15(24)20-11-13(17)21-16(18)22-14(11)23/h5,9H,6H2,1-4H3,(H,20,24)(H2,18,21,22)/t9-/m1/s1. The van der Waals surface area contributed by atoms with Gasteiger partial charge in [-0.25, -0.2) is 0 Å². The number of halogens is 1. The molecule has 0 saturated carbocycles. The molecule has 0 aliphatic carbocycles. The van der Waals surface area contributed by atoms with Crippen LogP contribution in [0.3, 0.4) is 0 Å². The molecule has 0 radical (unpaired) electrons. The van der Waals surface area contributed by atoms with Crippen molar-refractivity contribution in [3.8, 4) is 5.75 Å². The van der Waals surface area contributed by atoms with Gasteiger partial charge in [-0.3, -0.25) is 9.78 Å².